The first-order valence-electron chi connectivity index (χ1n) is 7.39. The molecule has 2 rings (SSSR count). The van der Waals surface area contributed by atoms with Gasteiger partial charge in [-0.3, -0.25) is 9.59 Å². The second-order valence-electron chi connectivity index (χ2n) is 5.10. The van der Waals surface area contributed by atoms with Gasteiger partial charge in [0.05, 0.1) is 12.5 Å². The molecule has 0 bridgehead atoms. The van der Waals surface area contributed by atoms with Gasteiger partial charge in [-0.05, 0) is 31.4 Å². The standard InChI is InChI=1S/C17H21NO3/c1-2-21-17(20)15-10-12-18(13-11-15)16(19)9-8-14-6-4-3-5-7-14/h3-9,15H,2,10-13H2,1H3. The minimum Gasteiger partial charge on any atom is -0.466 e. The summed E-state index contributed by atoms with van der Waals surface area (Å²) in [5.41, 5.74) is 1.01. The van der Waals surface area contributed by atoms with E-state index in [1.165, 1.54) is 0 Å². The smallest absolute Gasteiger partial charge is 0.309 e. The fraction of sp³-hybridized carbons (Fsp3) is 0.412. The van der Waals surface area contributed by atoms with Crippen LogP contribution in [0.5, 0.6) is 0 Å². The van der Waals surface area contributed by atoms with E-state index in [2.05, 4.69) is 0 Å². The van der Waals surface area contributed by atoms with Gasteiger partial charge in [-0.1, -0.05) is 30.3 Å². The Bertz CT molecular complexity index is 502. The predicted molar refractivity (Wildman–Crippen MR) is 81.4 cm³/mol. The molecule has 0 saturated carbocycles. The van der Waals surface area contributed by atoms with Crippen molar-refractivity contribution in [3.05, 3.63) is 42.0 Å². The van der Waals surface area contributed by atoms with Crippen LogP contribution < -0.4 is 0 Å². The third-order valence-electron chi connectivity index (χ3n) is 3.64. The van der Waals surface area contributed by atoms with Crippen LogP contribution in [-0.2, 0) is 14.3 Å². The van der Waals surface area contributed by atoms with Crippen LogP contribution >= 0.6 is 0 Å². The maximum atomic E-state index is 12.1. The van der Waals surface area contributed by atoms with E-state index in [0.717, 1.165) is 5.56 Å². The van der Waals surface area contributed by atoms with Crippen LogP contribution in [0.2, 0.25) is 0 Å². The summed E-state index contributed by atoms with van der Waals surface area (Å²) in [5, 5.41) is 0. The Labute approximate surface area is 125 Å². The number of esters is 1. The average molecular weight is 287 g/mol. The molecule has 0 N–H and O–H groups in total. The number of amides is 1. The lowest BCUT2D eigenvalue weighted by Gasteiger charge is -2.30. The summed E-state index contributed by atoms with van der Waals surface area (Å²) in [5.74, 6) is -0.197. The Morgan fingerprint density at radius 2 is 1.90 bits per heavy atom. The highest BCUT2D eigenvalue weighted by Gasteiger charge is 2.27. The second kappa shape index (κ2) is 7.62. The SMILES string of the molecule is CCOC(=O)C1CCN(C(=O)C=Cc2ccccc2)CC1. The molecule has 4 heteroatoms. The van der Waals surface area contributed by atoms with Crippen molar-refractivity contribution < 1.29 is 14.3 Å². The molecule has 0 spiro atoms. The van der Waals surface area contributed by atoms with Crippen molar-refractivity contribution in [2.45, 2.75) is 19.8 Å². The summed E-state index contributed by atoms with van der Waals surface area (Å²) in [6.45, 7) is 3.45. The summed E-state index contributed by atoms with van der Waals surface area (Å²) < 4.78 is 5.03. The number of likely N-dealkylation sites (tertiary alicyclic amines) is 1. The fourth-order valence-electron chi connectivity index (χ4n) is 2.43. The molecule has 1 heterocycles. The van der Waals surface area contributed by atoms with Gasteiger partial charge < -0.3 is 9.64 Å². The van der Waals surface area contributed by atoms with Crippen molar-refractivity contribution in [3.8, 4) is 0 Å². The normalized spacial score (nSPS) is 16.1. The first kappa shape index (κ1) is 15.3. The number of ether oxygens (including phenoxy) is 1. The number of carbonyl (C=O) groups is 2. The molecule has 0 aromatic heterocycles. The van der Waals surface area contributed by atoms with Crippen LogP contribution in [0.25, 0.3) is 6.08 Å². The molecule has 1 aliphatic heterocycles. The van der Waals surface area contributed by atoms with Gasteiger partial charge in [0.2, 0.25) is 5.91 Å². The number of carbonyl (C=O) groups excluding carboxylic acids is 2. The van der Waals surface area contributed by atoms with Crippen molar-refractivity contribution in [1.82, 2.24) is 4.90 Å². The van der Waals surface area contributed by atoms with Gasteiger partial charge >= 0.3 is 5.97 Å². The van der Waals surface area contributed by atoms with Crippen LogP contribution in [0.3, 0.4) is 0 Å². The van der Waals surface area contributed by atoms with Crippen LogP contribution in [0.1, 0.15) is 25.3 Å². The number of rotatable bonds is 4. The van der Waals surface area contributed by atoms with Gasteiger partial charge in [0.15, 0.2) is 0 Å². The van der Waals surface area contributed by atoms with Crippen LogP contribution in [0.4, 0.5) is 0 Å². The number of piperidine rings is 1. The van der Waals surface area contributed by atoms with E-state index >= 15 is 0 Å². The Balaban J connectivity index is 1.83. The van der Waals surface area contributed by atoms with E-state index in [9.17, 15) is 9.59 Å². The zero-order chi connectivity index (χ0) is 15.1. The molecule has 0 unspecified atom stereocenters. The van der Waals surface area contributed by atoms with Gasteiger partial charge in [0.1, 0.15) is 0 Å². The molecule has 1 fully saturated rings. The zero-order valence-electron chi connectivity index (χ0n) is 12.3. The van der Waals surface area contributed by atoms with Crippen molar-refractivity contribution in [2.24, 2.45) is 5.92 Å². The molecule has 1 amide bonds. The number of hydrogen-bond acceptors (Lipinski definition) is 3. The van der Waals surface area contributed by atoms with Gasteiger partial charge in [-0.2, -0.15) is 0 Å². The van der Waals surface area contributed by atoms with E-state index in [4.69, 9.17) is 4.74 Å². The maximum absolute atomic E-state index is 12.1. The van der Waals surface area contributed by atoms with Crippen molar-refractivity contribution >= 4 is 18.0 Å². The van der Waals surface area contributed by atoms with Crippen molar-refractivity contribution in [2.75, 3.05) is 19.7 Å². The molecule has 1 aromatic rings. The molecular weight excluding hydrogens is 266 g/mol. The Morgan fingerprint density at radius 3 is 2.52 bits per heavy atom. The fourth-order valence-corrected chi connectivity index (χ4v) is 2.43. The third-order valence-corrected chi connectivity index (χ3v) is 3.64. The molecule has 4 nitrogen and oxygen atoms in total. The summed E-state index contributed by atoms with van der Waals surface area (Å²) in [6, 6.07) is 9.73. The molecule has 112 valence electrons. The lowest BCUT2D eigenvalue weighted by molar-refractivity contribution is -0.150. The molecule has 1 saturated heterocycles. The highest BCUT2D eigenvalue weighted by atomic mass is 16.5. The zero-order valence-corrected chi connectivity index (χ0v) is 12.3. The summed E-state index contributed by atoms with van der Waals surface area (Å²) in [7, 11) is 0. The monoisotopic (exact) mass is 287 g/mol. The third kappa shape index (κ3) is 4.45. The summed E-state index contributed by atoms with van der Waals surface area (Å²) in [4.78, 5) is 25.5. The van der Waals surface area contributed by atoms with Gasteiger partial charge in [0.25, 0.3) is 0 Å². The average Bonchev–Trinajstić information content (AvgIpc) is 2.54. The minimum absolute atomic E-state index is 0.00108. The van der Waals surface area contributed by atoms with E-state index < -0.39 is 0 Å². The highest BCUT2D eigenvalue weighted by molar-refractivity contribution is 5.92. The Morgan fingerprint density at radius 1 is 1.24 bits per heavy atom. The van der Waals surface area contributed by atoms with E-state index in [0.29, 0.717) is 32.5 Å². The van der Waals surface area contributed by atoms with E-state index in [1.54, 1.807) is 11.0 Å². The second-order valence-corrected chi connectivity index (χ2v) is 5.10. The van der Waals surface area contributed by atoms with Crippen molar-refractivity contribution in [1.29, 1.82) is 0 Å². The maximum Gasteiger partial charge on any atom is 0.309 e. The van der Waals surface area contributed by atoms with Gasteiger partial charge in [-0.15, -0.1) is 0 Å². The lowest BCUT2D eigenvalue weighted by atomic mass is 9.97. The van der Waals surface area contributed by atoms with Crippen molar-refractivity contribution in [3.63, 3.8) is 0 Å². The largest absolute Gasteiger partial charge is 0.466 e. The quantitative estimate of drug-likeness (QED) is 0.631. The topological polar surface area (TPSA) is 46.6 Å². The number of nitrogens with zero attached hydrogens (tertiary/aromatic N) is 1. The minimum atomic E-state index is -0.135. The molecule has 1 aromatic carbocycles. The highest BCUT2D eigenvalue weighted by Crippen LogP contribution is 2.19. The molecule has 21 heavy (non-hydrogen) atoms. The van der Waals surface area contributed by atoms with Crippen LogP contribution in [0.15, 0.2) is 36.4 Å². The van der Waals surface area contributed by atoms with Gasteiger partial charge in [0, 0.05) is 19.2 Å². The van der Waals surface area contributed by atoms with Crippen LogP contribution in [-0.4, -0.2) is 36.5 Å². The Hall–Kier alpha value is -2.10. The molecule has 1 aliphatic rings. The van der Waals surface area contributed by atoms with E-state index in [1.807, 2.05) is 43.3 Å². The summed E-state index contributed by atoms with van der Waals surface area (Å²) >= 11 is 0. The predicted octanol–water partition coefficient (Wildman–Crippen LogP) is 2.50. The first-order valence-corrected chi connectivity index (χ1v) is 7.39. The summed E-state index contributed by atoms with van der Waals surface area (Å²) in [6.07, 6.45) is 4.79. The molecule has 0 aliphatic carbocycles. The number of benzene rings is 1. The molecule has 0 radical (unpaired) electrons. The van der Waals surface area contributed by atoms with E-state index in [-0.39, 0.29) is 17.8 Å². The molecular formula is C17H21NO3. The Kier molecular flexibility index (Phi) is 5.55. The number of hydrogen-bond donors (Lipinski definition) is 0. The van der Waals surface area contributed by atoms with Gasteiger partial charge in [-0.25, -0.2) is 0 Å². The lowest BCUT2D eigenvalue weighted by Crippen LogP contribution is -2.39. The first-order chi connectivity index (χ1) is 10.2. The van der Waals surface area contributed by atoms with Crippen LogP contribution in [0, 0.1) is 5.92 Å². The molecule has 0 atom stereocenters.